The molecule has 2 heterocycles. The van der Waals surface area contributed by atoms with Crippen LogP contribution >= 0.6 is 0 Å². The molecule has 0 bridgehead atoms. The zero-order valence-corrected chi connectivity index (χ0v) is 10.9. The van der Waals surface area contributed by atoms with Crippen molar-refractivity contribution < 1.29 is 14.3 Å². The molecule has 0 saturated carbocycles. The first-order valence-corrected chi connectivity index (χ1v) is 6.20. The molecule has 0 radical (unpaired) electrons. The molecular weight excluding hydrogens is 218 g/mol. The average molecular weight is 239 g/mol. The van der Waals surface area contributed by atoms with Crippen LogP contribution in [0.4, 0.5) is 4.79 Å². The van der Waals surface area contributed by atoms with Gasteiger partial charge in [0.2, 0.25) is 0 Å². The number of ether oxygens (including phenoxy) is 2. The van der Waals surface area contributed by atoms with Crippen LogP contribution in [-0.2, 0) is 9.47 Å². The van der Waals surface area contributed by atoms with Crippen LogP contribution in [0, 0.1) is 5.92 Å². The smallest absolute Gasteiger partial charge is 0.410 e. The van der Waals surface area contributed by atoms with E-state index in [0.29, 0.717) is 5.92 Å². The van der Waals surface area contributed by atoms with Gasteiger partial charge in [0, 0.05) is 19.0 Å². The van der Waals surface area contributed by atoms with Crippen LogP contribution in [0.25, 0.3) is 0 Å². The van der Waals surface area contributed by atoms with E-state index in [1.807, 2.05) is 20.8 Å². The summed E-state index contributed by atoms with van der Waals surface area (Å²) < 4.78 is 10.6. The Labute approximate surface area is 103 Å². The molecule has 1 saturated heterocycles. The molecule has 17 heavy (non-hydrogen) atoms. The third kappa shape index (κ3) is 3.22. The van der Waals surface area contributed by atoms with Crippen LogP contribution < -0.4 is 0 Å². The molecule has 0 unspecified atom stereocenters. The summed E-state index contributed by atoms with van der Waals surface area (Å²) in [6.45, 7) is 8.80. The van der Waals surface area contributed by atoms with Crippen molar-refractivity contribution in [3.05, 3.63) is 11.6 Å². The van der Waals surface area contributed by atoms with Gasteiger partial charge >= 0.3 is 6.09 Å². The molecule has 0 aromatic rings. The summed E-state index contributed by atoms with van der Waals surface area (Å²) in [5.41, 5.74) is 1.04. The topological polar surface area (TPSA) is 38.8 Å². The predicted molar refractivity (Wildman–Crippen MR) is 64.8 cm³/mol. The van der Waals surface area contributed by atoms with Crippen molar-refractivity contribution in [1.29, 1.82) is 0 Å². The van der Waals surface area contributed by atoms with Gasteiger partial charge in [-0.05, 0) is 27.2 Å². The summed E-state index contributed by atoms with van der Waals surface area (Å²) in [5.74, 6) is 0.520. The minimum atomic E-state index is -0.403. The van der Waals surface area contributed by atoms with E-state index < -0.39 is 5.60 Å². The molecule has 4 heteroatoms. The maximum Gasteiger partial charge on any atom is 0.410 e. The van der Waals surface area contributed by atoms with E-state index in [2.05, 4.69) is 6.08 Å². The molecule has 2 aliphatic rings. The lowest BCUT2D eigenvalue weighted by molar-refractivity contribution is 0.00238. The van der Waals surface area contributed by atoms with Crippen molar-refractivity contribution >= 4 is 6.09 Å². The van der Waals surface area contributed by atoms with Crippen molar-refractivity contribution in [3.63, 3.8) is 0 Å². The second-order valence-electron chi connectivity index (χ2n) is 5.69. The SMILES string of the molecule is CC(C)(C)OC(=O)N1CC(C2=CCOCC2)C1. The number of nitrogens with zero attached hydrogens (tertiary/aromatic N) is 1. The summed E-state index contributed by atoms with van der Waals surface area (Å²) in [4.78, 5) is 13.5. The molecule has 0 N–H and O–H groups in total. The van der Waals surface area contributed by atoms with E-state index in [4.69, 9.17) is 9.47 Å². The zero-order chi connectivity index (χ0) is 12.5. The summed E-state index contributed by atoms with van der Waals surface area (Å²) >= 11 is 0. The van der Waals surface area contributed by atoms with Gasteiger partial charge in [-0.25, -0.2) is 4.79 Å². The Morgan fingerprint density at radius 1 is 1.47 bits per heavy atom. The highest BCUT2D eigenvalue weighted by Gasteiger charge is 2.35. The number of hydrogen-bond acceptors (Lipinski definition) is 3. The molecule has 2 rings (SSSR count). The third-order valence-corrected chi connectivity index (χ3v) is 3.06. The lowest BCUT2D eigenvalue weighted by Gasteiger charge is -2.41. The normalized spacial score (nSPS) is 21.8. The van der Waals surface area contributed by atoms with Gasteiger partial charge < -0.3 is 14.4 Å². The molecule has 0 aliphatic carbocycles. The van der Waals surface area contributed by atoms with E-state index in [1.54, 1.807) is 4.90 Å². The molecule has 0 spiro atoms. The first-order valence-electron chi connectivity index (χ1n) is 6.20. The molecule has 0 aromatic carbocycles. The van der Waals surface area contributed by atoms with Gasteiger partial charge in [-0.1, -0.05) is 11.6 Å². The van der Waals surface area contributed by atoms with Crippen LogP contribution in [0.5, 0.6) is 0 Å². The van der Waals surface area contributed by atoms with Crippen LogP contribution in [0.15, 0.2) is 11.6 Å². The standard InChI is InChI=1S/C13H21NO3/c1-13(2,3)17-12(15)14-8-11(9-14)10-4-6-16-7-5-10/h4,11H,5-9H2,1-3H3. The Bertz CT molecular complexity index is 324. The number of carbonyl (C=O) groups is 1. The zero-order valence-electron chi connectivity index (χ0n) is 10.9. The predicted octanol–water partition coefficient (Wildman–Crippen LogP) is 2.20. The van der Waals surface area contributed by atoms with Gasteiger partial charge in [0.1, 0.15) is 5.60 Å². The van der Waals surface area contributed by atoms with Gasteiger partial charge in [0.05, 0.1) is 13.2 Å². The molecule has 0 atom stereocenters. The second kappa shape index (κ2) is 4.69. The lowest BCUT2D eigenvalue weighted by Crippen LogP contribution is -2.52. The fourth-order valence-electron chi connectivity index (χ4n) is 2.10. The molecule has 1 amide bonds. The maximum atomic E-state index is 11.7. The molecule has 4 nitrogen and oxygen atoms in total. The number of amides is 1. The monoisotopic (exact) mass is 239 g/mol. The van der Waals surface area contributed by atoms with E-state index in [9.17, 15) is 4.79 Å². The highest BCUT2D eigenvalue weighted by Crippen LogP contribution is 2.28. The van der Waals surface area contributed by atoms with Crippen molar-refractivity contribution in [2.24, 2.45) is 5.92 Å². The summed E-state index contributed by atoms with van der Waals surface area (Å²) in [6, 6.07) is 0. The first-order chi connectivity index (χ1) is 7.96. The van der Waals surface area contributed by atoms with Crippen molar-refractivity contribution in [2.45, 2.75) is 32.8 Å². The minimum Gasteiger partial charge on any atom is -0.444 e. The van der Waals surface area contributed by atoms with Gasteiger partial charge in [-0.15, -0.1) is 0 Å². The molecule has 2 aliphatic heterocycles. The quantitative estimate of drug-likeness (QED) is 0.658. The lowest BCUT2D eigenvalue weighted by atomic mass is 9.89. The highest BCUT2D eigenvalue weighted by atomic mass is 16.6. The third-order valence-electron chi connectivity index (χ3n) is 3.06. The Kier molecular flexibility index (Phi) is 3.43. The summed E-state index contributed by atoms with van der Waals surface area (Å²) in [5, 5.41) is 0. The Morgan fingerprint density at radius 3 is 2.71 bits per heavy atom. The van der Waals surface area contributed by atoms with Crippen molar-refractivity contribution in [3.8, 4) is 0 Å². The number of carbonyl (C=O) groups excluding carboxylic acids is 1. The van der Waals surface area contributed by atoms with Crippen LogP contribution in [-0.4, -0.2) is 42.9 Å². The number of rotatable bonds is 1. The Hall–Kier alpha value is -1.03. The highest BCUT2D eigenvalue weighted by molar-refractivity contribution is 5.69. The fourth-order valence-corrected chi connectivity index (χ4v) is 2.10. The Morgan fingerprint density at radius 2 is 2.18 bits per heavy atom. The molecule has 1 fully saturated rings. The van der Waals surface area contributed by atoms with Gasteiger partial charge in [0.15, 0.2) is 0 Å². The molecular formula is C13H21NO3. The molecule has 96 valence electrons. The average Bonchev–Trinajstić information content (AvgIpc) is 2.14. The number of hydrogen-bond donors (Lipinski definition) is 0. The largest absolute Gasteiger partial charge is 0.444 e. The van der Waals surface area contributed by atoms with E-state index in [0.717, 1.165) is 32.7 Å². The van der Waals surface area contributed by atoms with Gasteiger partial charge in [-0.3, -0.25) is 0 Å². The summed E-state index contributed by atoms with van der Waals surface area (Å²) in [7, 11) is 0. The van der Waals surface area contributed by atoms with Crippen molar-refractivity contribution in [2.75, 3.05) is 26.3 Å². The first kappa shape index (κ1) is 12.4. The summed E-state index contributed by atoms with van der Waals surface area (Å²) in [6.07, 6.45) is 2.97. The van der Waals surface area contributed by atoms with Gasteiger partial charge in [0.25, 0.3) is 0 Å². The molecule has 0 aromatic heterocycles. The second-order valence-corrected chi connectivity index (χ2v) is 5.69. The van der Waals surface area contributed by atoms with Crippen LogP contribution in [0.1, 0.15) is 27.2 Å². The van der Waals surface area contributed by atoms with Crippen molar-refractivity contribution in [1.82, 2.24) is 4.90 Å². The fraction of sp³-hybridized carbons (Fsp3) is 0.769. The minimum absolute atomic E-state index is 0.193. The number of likely N-dealkylation sites (tertiary alicyclic amines) is 1. The van der Waals surface area contributed by atoms with Gasteiger partial charge in [-0.2, -0.15) is 0 Å². The maximum absolute atomic E-state index is 11.7. The Balaban J connectivity index is 1.78. The van der Waals surface area contributed by atoms with E-state index in [-0.39, 0.29) is 6.09 Å². The van der Waals surface area contributed by atoms with Crippen LogP contribution in [0.3, 0.4) is 0 Å². The van der Waals surface area contributed by atoms with E-state index in [1.165, 1.54) is 5.57 Å². The van der Waals surface area contributed by atoms with Crippen LogP contribution in [0.2, 0.25) is 0 Å². The van der Waals surface area contributed by atoms with E-state index >= 15 is 0 Å².